The molecule has 0 aliphatic carbocycles. The van der Waals surface area contributed by atoms with E-state index in [2.05, 4.69) is 15.7 Å². The topological polar surface area (TPSA) is 91.4 Å². The lowest BCUT2D eigenvalue weighted by molar-refractivity contribution is -0.133. The fraction of sp³-hybridized carbons (Fsp3) is 0.176. The summed E-state index contributed by atoms with van der Waals surface area (Å²) in [6, 6.07) is 13.1. The van der Waals surface area contributed by atoms with Crippen molar-refractivity contribution in [2.45, 2.75) is 18.9 Å². The number of pyridine rings is 1. The molecule has 2 N–H and O–H groups in total. The largest absolute Gasteiger partial charge is 0.344 e. The van der Waals surface area contributed by atoms with Crippen molar-refractivity contribution < 1.29 is 14.4 Å². The monoisotopic (exact) mass is 324 g/mol. The van der Waals surface area contributed by atoms with E-state index in [-0.39, 0.29) is 5.69 Å². The van der Waals surface area contributed by atoms with Gasteiger partial charge in [-0.25, -0.2) is 4.79 Å². The van der Waals surface area contributed by atoms with Gasteiger partial charge in [-0.15, -0.1) is 0 Å². The van der Waals surface area contributed by atoms with Crippen LogP contribution in [0.5, 0.6) is 0 Å². The van der Waals surface area contributed by atoms with E-state index in [1.165, 1.54) is 12.3 Å². The predicted molar refractivity (Wildman–Crippen MR) is 85.5 cm³/mol. The average Bonchev–Trinajstić information content (AvgIpc) is 2.88. The molecule has 4 amide bonds. The quantitative estimate of drug-likeness (QED) is 0.835. The van der Waals surface area contributed by atoms with Crippen LogP contribution in [0.2, 0.25) is 0 Å². The summed E-state index contributed by atoms with van der Waals surface area (Å²) < 4.78 is 0. The molecule has 1 aliphatic rings. The molecule has 1 fully saturated rings. The first-order valence-corrected chi connectivity index (χ1v) is 7.53. The van der Waals surface area contributed by atoms with E-state index in [0.29, 0.717) is 17.0 Å². The average molecular weight is 324 g/mol. The highest BCUT2D eigenvalue weighted by Crippen LogP contribution is 2.31. The maximum absolute atomic E-state index is 12.8. The van der Waals surface area contributed by atoms with Crippen LogP contribution >= 0.6 is 0 Å². The lowest BCUT2D eigenvalue weighted by Crippen LogP contribution is -2.48. The number of aromatic nitrogens is 1. The van der Waals surface area contributed by atoms with Crippen molar-refractivity contribution in [2.75, 3.05) is 0 Å². The number of benzene rings is 1. The van der Waals surface area contributed by atoms with Gasteiger partial charge in [0.1, 0.15) is 11.2 Å². The molecule has 7 nitrogen and oxygen atoms in total. The molecular weight excluding hydrogens is 308 g/mol. The SMILES string of the molecule is CC[C@@]1(c2ccccc2)NC(=O)N(NC(=O)c2ccccn2)C1=O. The number of carbonyl (C=O) groups is 3. The Balaban J connectivity index is 1.88. The van der Waals surface area contributed by atoms with Crippen molar-refractivity contribution in [1.82, 2.24) is 20.7 Å². The summed E-state index contributed by atoms with van der Waals surface area (Å²) in [5.41, 5.74) is 1.92. The Labute approximate surface area is 138 Å². The molecule has 2 heterocycles. The van der Waals surface area contributed by atoms with E-state index in [0.717, 1.165) is 0 Å². The molecule has 0 radical (unpaired) electrons. The summed E-state index contributed by atoms with van der Waals surface area (Å²) in [4.78, 5) is 41.2. The van der Waals surface area contributed by atoms with Crippen molar-refractivity contribution in [3.05, 3.63) is 66.0 Å². The minimum Gasteiger partial charge on any atom is -0.318 e. The van der Waals surface area contributed by atoms with Crippen molar-refractivity contribution in [1.29, 1.82) is 0 Å². The van der Waals surface area contributed by atoms with E-state index in [1.807, 2.05) is 6.07 Å². The molecule has 0 spiro atoms. The molecule has 1 aromatic carbocycles. The molecule has 3 rings (SSSR count). The number of hydrogen-bond donors (Lipinski definition) is 2. The highest BCUT2D eigenvalue weighted by Gasteiger charge is 2.52. The van der Waals surface area contributed by atoms with Gasteiger partial charge in [-0.2, -0.15) is 5.01 Å². The van der Waals surface area contributed by atoms with E-state index in [9.17, 15) is 14.4 Å². The van der Waals surface area contributed by atoms with Gasteiger partial charge in [0, 0.05) is 6.20 Å². The molecule has 122 valence electrons. The normalized spacial score (nSPS) is 20.0. The Morgan fingerprint density at radius 2 is 1.88 bits per heavy atom. The van der Waals surface area contributed by atoms with Crippen LogP contribution in [0.4, 0.5) is 4.79 Å². The Morgan fingerprint density at radius 3 is 2.50 bits per heavy atom. The third kappa shape index (κ3) is 2.50. The van der Waals surface area contributed by atoms with Crippen LogP contribution in [0.15, 0.2) is 54.7 Å². The Morgan fingerprint density at radius 1 is 1.17 bits per heavy atom. The molecule has 0 bridgehead atoms. The maximum atomic E-state index is 12.8. The second-order valence-corrected chi connectivity index (χ2v) is 5.35. The van der Waals surface area contributed by atoms with Gasteiger partial charge in [0.05, 0.1) is 0 Å². The highest BCUT2D eigenvalue weighted by atomic mass is 16.2. The zero-order valence-electron chi connectivity index (χ0n) is 13.0. The number of rotatable bonds is 4. The van der Waals surface area contributed by atoms with E-state index in [4.69, 9.17) is 0 Å². The smallest absolute Gasteiger partial charge is 0.318 e. The molecule has 0 saturated carbocycles. The number of amides is 4. The molecule has 2 aromatic rings. The summed E-state index contributed by atoms with van der Waals surface area (Å²) in [5.74, 6) is -1.15. The minimum absolute atomic E-state index is 0.117. The van der Waals surface area contributed by atoms with Crippen LogP contribution < -0.4 is 10.7 Å². The van der Waals surface area contributed by atoms with Crippen molar-refractivity contribution in [3.8, 4) is 0 Å². The second kappa shape index (κ2) is 6.11. The van der Waals surface area contributed by atoms with Crippen LogP contribution in [0.1, 0.15) is 29.4 Å². The number of hydrazine groups is 1. The van der Waals surface area contributed by atoms with Gasteiger partial charge in [-0.1, -0.05) is 43.3 Å². The summed E-state index contributed by atoms with van der Waals surface area (Å²) in [6.45, 7) is 1.80. The molecule has 1 aromatic heterocycles. The lowest BCUT2D eigenvalue weighted by Gasteiger charge is -2.25. The standard InChI is InChI=1S/C17H16N4O3/c1-2-17(12-8-4-3-5-9-12)15(23)21(16(24)19-17)20-14(22)13-10-6-7-11-18-13/h3-11H,2H2,1H3,(H,19,24)(H,20,22)/t17-/m0/s1. The van der Waals surface area contributed by atoms with Crippen LogP contribution in [0.25, 0.3) is 0 Å². The van der Waals surface area contributed by atoms with Crippen molar-refractivity contribution in [3.63, 3.8) is 0 Å². The molecule has 1 aliphatic heterocycles. The fourth-order valence-corrected chi connectivity index (χ4v) is 2.69. The number of nitrogens with zero attached hydrogens (tertiary/aromatic N) is 2. The lowest BCUT2D eigenvalue weighted by atomic mass is 9.87. The van der Waals surface area contributed by atoms with Gasteiger partial charge in [-0.05, 0) is 24.1 Å². The number of imide groups is 1. The molecule has 7 heteroatoms. The predicted octanol–water partition coefficient (Wildman–Crippen LogP) is 1.58. The summed E-state index contributed by atoms with van der Waals surface area (Å²) in [6.07, 6.45) is 1.82. The Bertz CT molecular complexity index is 779. The van der Waals surface area contributed by atoms with Crippen LogP contribution in [-0.4, -0.2) is 27.8 Å². The second-order valence-electron chi connectivity index (χ2n) is 5.35. The van der Waals surface area contributed by atoms with E-state index in [1.54, 1.807) is 43.3 Å². The first kappa shape index (κ1) is 15.7. The molecule has 24 heavy (non-hydrogen) atoms. The zero-order chi connectivity index (χ0) is 17.2. The Kier molecular flexibility index (Phi) is 3.99. The van der Waals surface area contributed by atoms with Gasteiger partial charge in [0.2, 0.25) is 0 Å². The van der Waals surface area contributed by atoms with Gasteiger partial charge in [-0.3, -0.25) is 20.0 Å². The van der Waals surface area contributed by atoms with E-state index >= 15 is 0 Å². The van der Waals surface area contributed by atoms with Crippen molar-refractivity contribution in [2.24, 2.45) is 0 Å². The van der Waals surface area contributed by atoms with Gasteiger partial charge in [0.15, 0.2) is 0 Å². The zero-order valence-corrected chi connectivity index (χ0v) is 13.0. The third-order valence-corrected chi connectivity index (χ3v) is 4.00. The fourth-order valence-electron chi connectivity index (χ4n) is 2.69. The van der Waals surface area contributed by atoms with Gasteiger partial charge in [0.25, 0.3) is 11.8 Å². The summed E-state index contributed by atoms with van der Waals surface area (Å²) in [5, 5.41) is 3.41. The van der Waals surface area contributed by atoms with Crippen LogP contribution in [0, 0.1) is 0 Å². The Hall–Kier alpha value is -3.22. The number of nitrogens with one attached hydrogen (secondary N) is 2. The maximum Gasteiger partial charge on any atom is 0.344 e. The summed E-state index contributed by atoms with van der Waals surface area (Å²) >= 11 is 0. The number of urea groups is 1. The van der Waals surface area contributed by atoms with Crippen LogP contribution in [-0.2, 0) is 10.3 Å². The molecule has 1 atom stereocenters. The highest BCUT2D eigenvalue weighted by molar-refractivity contribution is 6.09. The van der Waals surface area contributed by atoms with Crippen LogP contribution in [0.3, 0.4) is 0 Å². The van der Waals surface area contributed by atoms with Gasteiger partial charge < -0.3 is 5.32 Å². The number of hydrogen-bond acceptors (Lipinski definition) is 4. The van der Waals surface area contributed by atoms with E-state index < -0.39 is 23.4 Å². The first-order chi connectivity index (χ1) is 11.6. The molecule has 1 saturated heterocycles. The molecule has 0 unspecified atom stereocenters. The number of carbonyl (C=O) groups excluding carboxylic acids is 3. The molecular formula is C17H16N4O3. The van der Waals surface area contributed by atoms with Gasteiger partial charge >= 0.3 is 6.03 Å². The first-order valence-electron chi connectivity index (χ1n) is 7.53. The van der Waals surface area contributed by atoms with Crippen molar-refractivity contribution >= 4 is 17.8 Å². The minimum atomic E-state index is -1.18. The third-order valence-electron chi connectivity index (χ3n) is 4.00. The summed E-state index contributed by atoms with van der Waals surface area (Å²) in [7, 11) is 0.